The maximum absolute atomic E-state index is 12.5. The Morgan fingerprint density at radius 3 is 2.92 bits per heavy atom. The molecule has 0 saturated carbocycles. The van der Waals surface area contributed by atoms with Gasteiger partial charge in [-0.25, -0.2) is 0 Å². The number of fused-ring (bicyclic) bond motifs is 1. The van der Waals surface area contributed by atoms with Gasteiger partial charge in [0, 0.05) is 25.2 Å². The number of rotatable bonds is 4. The van der Waals surface area contributed by atoms with Gasteiger partial charge in [-0.3, -0.25) is 9.59 Å². The van der Waals surface area contributed by atoms with Crippen molar-refractivity contribution in [2.45, 2.75) is 25.8 Å². The van der Waals surface area contributed by atoms with Crippen molar-refractivity contribution in [3.8, 4) is 5.75 Å². The van der Waals surface area contributed by atoms with Gasteiger partial charge in [0.25, 0.3) is 0 Å². The van der Waals surface area contributed by atoms with E-state index in [0.717, 1.165) is 35.5 Å². The summed E-state index contributed by atoms with van der Waals surface area (Å²) >= 11 is 0. The lowest BCUT2D eigenvalue weighted by atomic mass is 9.96. The lowest BCUT2D eigenvalue weighted by molar-refractivity contribution is -0.126. The second kappa shape index (κ2) is 7.20. The van der Waals surface area contributed by atoms with E-state index in [-0.39, 0.29) is 17.7 Å². The first kappa shape index (κ1) is 16.6. The van der Waals surface area contributed by atoms with E-state index in [4.69, 9.17) is 4.74 Å². The number of carbonyl (C=O) groups is 2. The van der Waals surface area contributed by atoms with Gasteiger partial charge in [-0.05, 0) is 42.2 Å². The molecule has 0 spiro atoms. The Morgan fingerprint density at radius 2 is 2.08 bits per heavy atom. The zero-order chi connectivity index (χ0) is 17.9. The number of carbonyl (C=O) groups excluding carboxylic acids is 2. The molecule has 134 valence electrons. The van der Waals surface area contributed by atoms with Crippen LogP contribution in [-0.4, -0.2) is 25.0 Å². The van der Waals surface area contributed by atoms with E-state index in [1.54, 1.807) is 0 Å². The van der Waals surface area contributed by atoms with Crippen LogP contribution in [0.4, 0.5) is 5.69 Å². The van der Waals surface area contributed by atoms with E-state index in [1.165, 1.54) is 0 Å². The maximum atomic E-state index is 12.5. The second-order valence-corrected chi connectivity index (χ2v) is 6.86. The monoisotopic (exact) mass is 350 g/mol. The number of hydrogen-bond acceptors (Lipinski definition) is 3. The van der Waals surface area contributed by atoms with Crippen LogP contribution in [0.3, 0.4) is 0 Å². The molecule has 0 aliphatic carbocycles. The Balaban J connectivity index is 1.37. The lowest BCUT2D eigenvalue weighted by Crippen LogP contribution is -2.37. The second-order valence-electron chi connectivity index (χ2n) is 6.86. The highest BCUT2D eigenvalue weighted by Crippen LogP contribution is 2.27. The number of amides is 2. The average molecular weight is 350 g/mol. The minimum Gasteiger partial charge on any atom is -0.492 e. The highest BCUT2D eigenvalue weighted by molar-refractivity contribution is 5.95. The summed E-state index contributed by atoms with van der Waals surface area (Å²) in [6, 6.07) is 15.7. The first-order valence-electron chi connectivity index (χ1n) is 9.08. The molecular weight excluding hydrogens is 328 g/mol. The number of nitrogens with one attached hydrogen (secondary N) is 1. The maximum Gasteiger partial charge on any atom is 0.227 e. The number of hydrogen-bond donors (Lipinski definition) is 1. The van der Waals surface area contributed by atoms with Crippen molar-refractivity contribution < 1.29 is 14.3 Å². The molecule has 1 atom stereocenters. The summed E-state index contributed by atoms with van der Waals surface area (Å²) in [5.74, 6) is 0.874. The van der Waals surface area contributed by atoms with Gasteiger partial charge >= 0.3 is 0 Å². The van der Waals surface area contributed by atoms with Gasteiger partial charge in [0.05, 0.1) is 5.92 Å². The summed E-state index contributed by atoms with van der Waals surface area (Å²) in [6.45, 7) is 1.63. The largest absolute Gasteiger partial charge is 0.492 e. The van der Waals surface area contributed by atoms with Gasteiger partial charge in [0.1, 0.15) is 12.4 Å². The molecule has 1 fully saturated rings. The zero-order valence-corrected chi connectivity index (χ0v) is 14.6. The summed E-state index contributed by atoms with van der Waals surface area (Å²) in [7, 11) is 0. The Kier molecular flexibility index (Phi) is 4.61. The third-order valence-corrected chi connectivity index (χ3v) is 5.01. The third kappa shape index (κ3) is 3.43. The lowest BCUT2D eigenvalue weighted by Gasteiger charge is -2.24. The van der Waals surface area contributed by atoms with Gasteiger partial charge in [-0.2, -0.15) is 0 Å². The van der Waals surface area contributed by atoms with Crippen LogP contribution >= 0.6 is 0 Å². The molecule has 2 aliphatic rings. The molecule has 0 radical (unpaired) electrons. The van der Waals surface area contributed by atoms with Crippen molar-refractivity contribution in [1.82, 2.24) is 5.32 Å². The molecular formula is C21H22N2O3. The summed E-state index contributed by atoms with van der Waals surface area (Å²) in [6.07, 6.45) is 2.22. The quantitative estimate of drug-likeness (QED) is 0.922. The van der Waals surface area contributed by atoms with Crippen molar-refractivity contribution in [3.05, 3.63) is 59.7 Å². The number of ether oxygens (including phenoxy) is 1. The van der Waals surface area contributed by atoms with Gasteiger partial charge in [-0.1, -0.05) is 30.3 Å². The standard InChI is InChI=1S/C21H22N2O3/c24-20-9-4-10-23(20)18-7-3-5-15(11-18)13-22-21(25)17-12-16-6-1-2-8-19(16)26-14-17/h1-3,5-8,11,17H,4,9-10,12-14H2,(H,22,25). The minimum atomic E-state index is -0.173. The van der Waals surface area contributed by atoms with E-state index in [1.807, 2.05) is 53.4 Å². The molecule has 2 aliphatic heterocycles. The molecule has 0 aromatic heterocycles. The van der Waals surface area contributed by atoms with E-state index in [0.29, 0.717) is 26.0 Å². The van der Waals surface area contributed by atoms with Crippen LogP contribution < -0.4 is 15.0 Å². The minimum absolute atomic E-state index is 0.00200. The molecule has 1 saturated heterocycles. The van der Waals surface area contributed by atoms with Crippen LogP contribution in [0.15, 0.2) is 48.5 Å². The fourth-order valence-electron chi connectivity index (χ4n) is 3.59. The fourth-order valence-corrected chi connectivity index (χ4v) is 3.59. The number of anilines is 1. The first-order valence-corrected chi connectivity index (χ1v) is 9.08. The summed E-state index contributed by atoms with van der Waals surface area (Å²) in [4.78, 5) is 26.2. The molecule has 1 unspecified atom stereocenters. The molecule has 2 heterocycles. The van der Waals surface area contributed by atoms with Crippen molar-refractivity contribution in [2.75, 3.05) is 18.1 Å². The topological polar surface area (TPSA) is 58.6 Å². The Bertz CT molecular complexity index is 834. The summed E-state index contributed by atoms with van der Waals surface area (Å²) in [5.41, 5.74) is 2.98. The summed E-state index contributed by atoms with van der Waals surface area (Å²) < 4.78 is 5.70. The SMILES string of the molecule is O=C(NCc1cccc(N2CCCC2=O)c1)C1COc2ccccc2C1. The molecule has 5 heteroatoms. The molecule has 2 amide bonds. The van der Waals surface area contributed by atoms with Crippen LogP contribution in [0.5, 0.6) is 5.75 Å². The predicted molar refractivity (Wildman–Crippen MR) is 99.0 cm³/mol. The van der Waals surface area contributed by atoms with Gasteiger partial charge in [-0.15, -0.1) is 0 Å². The van der Waals surface area contributed by atoms with Crippen molar-refractivity contribution >= 4 is 17.5 Å². The van der Waals surface area contributed by atoms with Crippen LogP contribution in [-0.2, 0) is 22.6 Å². The third-order valence-electron chi connectivity index (χ3n) is 5.01. The average Bonchev–Trinajstić information content (AvgIpc) is 3.12. The van der Waals surface area contributed by atoms with Crippen LogP contribution in [0.2, 0.25) is 0 Å². The van der Waals surface area contributed by atoms with E-state index in [9.17, 15) is 9.59 Å². The van der Waals surface area contributed by atoms with Crippen LogP contribution in [0, 0.1) is 5.92 Å². The van der Waals surface area contributed by atoms with Crippen molar-refractivity contribution in [2.24, 2.45) is 5.92 Å². The number of nitrogens with zero attached hydrogens (tertiary/aromatic N) is 1. The number of benzene rings is 2. The molecule has 4 rings (SSSR count). The normalized spacial score (nSPS) is 19.0. The fraction of sp³-hybridized carbons (Fsp3) is 0.333. The smallest absolute Gasteiger partial charge is 0.227 e. The van der Waals surface area contributed by atoms with E-state index < -0.39 is 0 Å². The molecule has 0 bridgehead atoms. The van der Waals surface area contributed by atoms with Gasteiger partial charge < -0.3 is 15.0 Å². The van der Waals surface area contributed by atoms with Crippen LogP contribution in [0.25, 0.3) is 0 Å². The Morgan fingerprint density at radius 1 is 1.19 bits per heavy atom. The molecule has 5 nitrogen and oxygen atoms in total. The molecule has 2 aromatic rings. The Hall–Kier alpha value is -2.82. The van der Waals surface area contributed by atoms with Gasteiger partial charge in [0.2, 0.25) is 11.8 Å². The first-order chi connectivity index (χ1) is 12.7. The zero-order valence-electron chi connectivity index (χ0n) is 14.6. The van der Waals surface area contributed by atoms with E-state index in [2.05, 4.69) is 5.32 Å². The van der Waals surface area contributed by atoms with Crippen LogP contribution in [0.1, 0.15) is 24.0 Å². The van der Waals surface area contributed by atoms with Crippen molar-refractivity contribution in [3.63, 3.8) is 0 Å². The predicted octanol–water partition coefficient (Wildman–Crippen LogP) is 2.68. The van der Waals surface area contributed by atoms with E-state index >= 15 is 0 Å². The molecule has 2 aromatic carbocycles. The molecule has 1 N–H and O–H groups in total. The Labute approximate surface area is 153 Å². The number of para-hydroxylation sites is 1. The van der Waals surface area contributed by atoms with Gasteiger partial charge in [0.15, 0.2) is 0 Å². The summed E-state index contributed by atoms with van der Waals surface area (Å²) in [5, 5.41) is 3.01. The van der Waals surface area contributed by atoms with Crippen molar-refractivity contribution in [1.29, 1.82) is 0 Å². The highest BCUT2D eigenvalue weighted by Gasteiger charge is 2.26. The highest BCUT2D eigenvalue weighted by atomic mass is 16.5. The molecule has 26 heavy (non-hydrogen) atoms.